The summed E-state index contributed by atoms with van der Waals surface area (Å²) in [5, 5.41) is 19.4. The lowest BCUT2D eigenvalue weighted by molar-refractivity contribution is -0.123. The minimum Gasteiger partial charge on any atom is -0.481 e. The average molecular weight is 439 g/mol. The van der Waals surface area contributed by atoms with Crippen molar-refractivity contribution in [1.29, 1.82) is 5.26 Å². The van der Waals surface area contributed by atoms with Crippen molar-refractivity contribution in [3.63, 3.8) is 0 Å². The number of hydrogen-bond donors (Lipinski definition) is 4. The van der Waals surface area contributed by atoms with E-state index in [1.165, 1.54) is 7.11 Å². The molecule has 0 radical (unpaired) electrons. The zero-order valence-corrected chi connectivity index (χ0v) is 18.3. The first-order valence-corrected chi connectivity index (χ1v) is 11.3. The van der Waals surface area contributed by atoms with Crippen molar-refractivity contribution in [3.05, 3.63) is 24.0 Å². The fourth-order valence-corrected chi connectivity index (χ4v) is 4.34. The van der Waals surface area contributed by atoms with E-state index in [0.717, 1.165) is 44.3 Å². The summed E-state index contributed by atoms with van der Waals surface area (Å²) in [6.45, 7) is 1.88. The Balaban J connectivity index is 1.42. The Morgan fingerprint density at radius 1 is 1.28 bits per heavy atom. The number of ether oxygens (including phenoxy) is 1. The van der Waals surface area contributed by atoms with Gasteiger partial charge < -0.3 is 25.7 Å². The van der Waals surface area contributed by atoms with Crippen LogP contribution in [0.2, 0.25) is 0 Å². The third kappa shape index (κ3) is 5.37. The van der Waals surface area contributed by atoms with Gasteiger partial charge in [0, 0.05) is 6.20 Å². The smallest absolute Gasteiger partial charge is 0.268 e. The lowest BCUT2D eigenvalue weighted by Crippen LogP contribution is -2.50. The molecule has 1 aliphatic heterocycles. The van der Waals surface area contributed by atoms with Crippen molar-refractivity contribution in [2.75, 3.05) is 20.2 Å². The molecule has 1 saturated carbocycles. The second kappa shape index (κ2) is 10.0. The Kier molecular flexibility index (Phi) is 6.90. The highest BCUT2D eigenvalue weighted by Gasteiger charge is 2.32. The van der Waals surface area contributed by atoms with Gasteiger partial charge in [0.25, 0.3) is 5.91 Å². The standard InChI is InChI=1S/C23H30N6O3/c1-32-23-17-11-20(28-18(17)6-8-26-23)22(31)29-19(10-14-4-5-14)21(30)27-16(12-24)9-15-3-2-7-25-13-15/h6,8,11,14-16,19,25,28H,2-5,7,9-10,13H2,1H3,(H,27,30)(H,29,31). The number of methoxy groups -OCH3 is 1. The van der Waals surface area contributed by atoms with Gasteiger partial charge in [-0.2, -0.15) is 5.26 Å². The third-order valence-electron chi connectivity index (χ3n) is 6.28. The van der Waals surface area contributed by atoms with E-state index < -0.39 is 12.1 Å². The summed E-state index contributed by atoms with van der Waals surface area (Å²) in [7, 11) is 1.53. The molecule has 0 aromatic carbocycles. The largest absolute Gasteiger partial charge is 0.481 e. The van der Waals surface area contributed by atoms with E-state index in [2.05, 4.69) is 32.0 Å². The van der Waals surface area contributed by atoms with Crippen LogP contribution in [-0.2, 0) is 4.79 Å². The number of piperidine rings is 1. The molecule has 4 rings (SSSR count). The predicted molar refractivity (Wildman–Crippen MR) is 119 cm³/mol. The van der Waals surface area contributed by atoms with Crippen LogP contribution in [0, 0.1) is 23.2 Å². The molecule has 32 heavy (non-hydrogen) atoms. The van der Waals surface area contributed by atoms with E-state index in [9.17, 15) is 14.9 Å². The summed E-state index contributed by atoms with van der Waals surface area (Å²) >= 11 is 0. The first kappa shape index (κ1) is 22.1. The Labute approximate surface area is 187 Å². The van der Waals surface area contributed by atoms with Crippen molar-refractivity contribution < 1.29 is 14.3 Å². The lowest BCUT2D eigenvalue weighted by atomic mass is 9.92. The lowest BCUT2D eigenvalue weighted by Gasteiger charge is -2.26. The van der Waals surface area contributed by atoms with Crippen LogP contribution in [0.5, 0.6) is 5.88 Å². The van der Waals surface area contributed by atoms with Crippen LogP contribution < -0.4 is 20.7 Å². The van der Waals surface area contributed by atoms with Crippen LogP contribution in [0.25, 0.3) is 10.9 Å². The topological polar surface area (TPSA) is 132 Å². The Morgan fingerprint density at radius 2 is 2.12 bits per heavy atom. The SMILES string of the molecule is COc1nccc2[nH]c(C(=O)NC(CC3CC3)C(=O)NC(C#N)CC3CCCNC3)cc12. The summed E-state index contributed by atoms with van der Waals surface area (Å²) in [6.07, 6.45) is 7.06. The summed E-state index contributed by atoms with van der Waals surface area (Å²) in [6, 6.07) is 4.42. The maximum Gasteiger partial charge on any atom is 0.268 e. The molecule has 170 valence electrons. The number of hydrogen-bond acceptors (Lipinski definition) is 6. The zero-order valence-electron chi connectivity index (χ0n) is 18.3. The molecule has 2 aromatic heterocycles. The van der Waals surface area contributed by atoms with E-state index >= 15 is 0 Å². The first-order chi connectivity index (χ1) is 15.6. The fraction of sp³-hybridized carbons (Fsp3) is 0.565. The molecule has 2 aromatic rings. The van der Waals surface area contributed by atoms with Gasteiger partial charge in [-0.25, -0.2) is 4.98 Å². The Bertz CT molecular complexity index is 1000. The zero-order chi connectivity index (χ0) is 22.5. The first-order valence-electron chi connectivity index (χ1n) is 11.3. The second-order valence-corrected chi connectivity index (χ2v) is 8.81. The molecule has 3 atom stereocenters. The number of aromatic amines is 1. The van der Waals surface area contributed by atoms with Gasteiger partial charge in [-0.1, -0.05) is 12.8 Å². The van der Waals surface area contributed by atoms with E-state index in [4.69, 9.17) is 4.74 Å². The van der Waals surface area contributed by atoms with Crippen LogP contribution in [0.15, 0.2) is 18.3 Å². The molecule has 2 amide bonds. The van der Waals surface area contributed by atoms with E-state index in [-0.39, 0.29) is 11.8 Å². The number of amides is 2. The van der Waals surface area contributed by atoms with Gasteiger partial charge in [0.15, 0.2) is 0 Å². The normalized spacial score (nSPS) is 20.2. The molecule has 3 heterocycles. The molecule has 3 unspecified atom stereocenters. The highest BCUT2D eigenvalue weighted by molar-refractivity contribution is 6.01. The van der Waals surface area contributed by atoms with Crippen LogP contribution in [0.4, 0.5) is 0 Å². The number of rotatable bonds is 9. The van der Waals surface area contributed by atoms with Crippen LogP contribution in [-0.4, -0.2) is 54.1 Å². The number of H-pyrrole nitrogens is 1. The molecular weight excluding hydrogens is 408 g/mol. The minimum atomic E-state index is -0.679. The number of nitrogens with one attached hydrogen (secondary N) is 4. The van der Waals surface area contributed by atoms with E-state index in [0.29, 0.717) is 41.6 Å². The predicted octanol–water partition coefficient (Wildman–Crippen LogP) is 1.87. The highest BCUT2D eigenvalue weighted by atomic mass is 16.5. The molecule has 0 bridgehead atoms. The Morgan fingerprint density at radius 3 is 2.81 bits per heavy atom. The van der Waals surface area contributed by atoms with Crippen molar-refractivity contribution in [3.8, 4) is 11.9 Å². The van der Waals surface area contributed by atoms with Gasteiger partial charge in [0.05, 0.1) is 24.1 Å². The van der Waals surface area contributed by atoms with E-state index in [1.807, 2.05) is 0 Å². The maximum absolute atomic E-state index is 13.0. The molecule has 1 saturated heterocycles. The third-order valence-corrected chi connectivity index (χ3v) is 6.28. The minimum absolute atomic E-state index is 0.295. The maximum atomic E-state index is 13.0. The Hall–Kier alpha value is -3.12. The van der Waals surface area contributed by atoms with Crippen molar-refractivity contribution >= 4 is 22.7 Å². The molecule has 2 fully saturated rings. The van der Waals surface area contributed by atoms with Crippen LogP contribution >= 0.6 is 0 Å². The van der Waals surface area contributed by atoms with Crippen LogP contribution in [0.1, 0.15) is 49.0 Å². The molecule has 9 heteroatoms. The molecule has 4 N–H and O–H groups in total. The summed E-state index contributed by atoms with van der Waals surface area (Å²) in [4.78, 5) is 33.2. The molecule has 0 spiro atoms. The van der Waals surface area contributed by atoms with Gasteiger partial charge in [0.2, 0.25) is 11.8 Å². The molecule has 9 nitrogen and oxygen atoms in total. The van der Waals surface area contributed by atoms with Crippen molar-refractivity contribution in [2.45, 2.75) is 50.6 Å². The van der Waals surface area contributed by atoms with Gasteiger partial charge in [0.1, 0.15) is 17.8 Å². The second-order valence-electron chi connectivity index (χ2n) is 8.81. The quantitative estimate of drug-likeness (QED) is 0.473. The number of carbonyl (C=O) groups excluding carboxylic acids is 2. The average Bonchev–Trinajstić information content (AvgIpc) is 3.52. The number of aromatic nitrogens is 2. The van der Waals surface area contributed by atoms with Crippen LogP contribution in [0.3, 0.4) is 0 Å². The fourth-order valence-electron chi connectivity index (χ4n) is 4.34. The van der Waals surface area contributed by atoms with Gasteiger partial charge in [-0.3, -0.25) is 9.59 Å². The summed E-state index contributed by atoms with van der Waals surface area (Å²) < 4.78 is 5.26. The monoisotopic (exact) mass is 438 g/mol. The van der Waals surface area contributed by atoms with Crippen molar-refractivity contribution in [2.24, 2.45) is 11.8 Å². The molecular formula is C23H30N6O3. The summed E-state index contributed by atoms with van der Waals surface area (Å²) in [5.74, 6) is 0.574. The number of nitriles is 1. The van der Waals surface area contributed by atoms with Gasteiger partial charge >= 0.3 is 0 Å². The summed E-state index contributed by atoms with van der Waals surface area (Å²) in [5.41, 5.74) is 1.07. The van der Waals surface area contributed by atoms with E-state index in [1.54, 1.807) is 18.3 Å². The number of nitrogens with zero attached hydrogens (tertiary/aromatic N) is 2. The molecule has 2 aliphatic rings. The van der Waals surface area contributed by atoms with Crippen molar-refractivity contribution in [1.82, 2.24) is 25.9 Å². The molecule has 1 aliphatic carbocycles. The number of carbonyl (C=O) groups is 2. The van der Waals surface area contributed by atoms with Gasteiger partial charge in [-0.15, -0.1) is 0 Å². The number of pyridine rings is 1. The number of fused-ring (bicyclic) bond motifs is 1. The highest BCUT2D eigenvalue weighted by Crippen LogP contribution is 2.33. The van der Waals surface area contributed by atoms with Gasteiger partial charge in [-0.05, 0) is 62.7 Å².